The fourth-order valence-electron chi connectivity index (χ4n) is 9.36. The molecule has 18 nitrogen and oxygen atoms in total. The van der Waals surface area contributed by atoms with E-state index in [1.807, 2.05) is 22.8 Å². The van der Waals surface area contributed by atoms with E-state index in [-0.39, 0.29) is 23.1 Å². The third kappa shape index (κ3) is 15.4. The molecular weight excluding hydrogens is 1060 g/mol. The van der Waals surface area contributed by atoms with Gasteiger partial charge >= 0.3 is 31.1 Å². The first kappa shape index (κ1) is 61.1. The summed E-state index contributed by atoms with van der Waals surface area (Å²) in [6.45, 7) is 1.55. The van der Waals surface area contributed by atoms with Crippen LogP contribution < -0.4 is 32.0 Å². The number of carbonyl (C=O) groups is 4. The maximum atomic E-state index is 14.6. The van der Waals surface area contributed by atoms with Crippen LogP contribution in [0.15, 0.2) is 78.1 Å². The van der Waals surface area contributed by atoms with Crippen molar-refractivity contribution in [1.82, 2.24) is 36.3 Å². The molecule has 26 heteroatoms. The van der Waals surface area contributed by atoms with E-state index >= 15 is 0 Å². The Morgan fingerprint density at radius 1 is 0.797 bits per heavy atom. The van der Waals surface area contributed by atoms with Gasteiger partial charge in [-0.25, -0.2) is 24.6 Å². The van der Waals surface area contributed by atoms with E-state index in [0.717, 1.165) is 76.6 Å². The number of aromatic nitrogens is 1. The molecule has 1 aromatic heterocycles. The highest BCUT2D eigenvalue weighted by molar-refractivity contribution is 6.09. The van der Waals surface area contributed by atoms with Gasteiger partial charge in [0.2, 0.25) is 5.91 Å². The zero-order valence-electron chi connectivity index (χ0n) is 44.1. The minimum Gasteiger partial charge on any atom is -0.453 e. The van der Waals surface area contributed by atoms with Crippen molar-refractivity contribution in [1.29, 1.82) is 0 Å². The summed E-state index contributed by atoms with van der Waals surface area (Å²) < 4.78 is 127. The van der Waals surface area contributed by atoms with Crippen molar-refractivity contribution in [2.24, 2.45) is 21.6 Å². The molecule has 6 atom stereocenters. The SMILES string of the molecule is COC(=O)N[C@H](C(=O)N[C@@H](Cc1ccc(C#Cc2ccc(N3CC4CCC(C3)N4C3COC3)nc2)cc1)[C@@H](O)CN(Cc1ccc(C(C=NC(F)F)=CN)cc1)NC(=O)[C@@H](NC(=O)OC)C(C)(C)C(F)(F)F)C(C)(C)C(F)(F)F. The van der Waals surface area contributed by atoms with Gasteiger partial charge in [0.05, 0.1) is 56.5 Å². The minimum absolute atomic E-state index is 0.0693. The van der Waals surface area contributed by atoms with Crippen molar-refractivity contribution in [3.05, 3.63) is 101 Å². The van der Waals surface area contributed by atoms with Crippen LogP contribution in [0.5, 0.6) is 0 Å². The number of rotatable bonds is 20. The van der Waals surface area contributed by atoms with E-state index in [4.69, 9.17) is 15.5 Å². The summed E-state index contributed by atoms with van der Waals surface area (Å²) in [5, 5.41) is 19.3. The van der Waals surface area contributed by atoms with E-state index < -0.39 is 91.1 Å². The Bertz CT molecular complexity index is 2700. The van der Waals surface area contributed by atoms with E-state index in [1.54, 1.807) is 30.5 Å². The molecule has 2 unspecified atom stereocenters. The summed E-state index contributed by atoms with van der Waals surface area (Å²) in [5.74, 6) is 4.08. The lowest BCUT2D eigenvalue weighted by atomic mass is 9.82. The quantitative estimate of drug-likeness (QED) is 0.0264. The van der Waals surface area contributed by atoms with Gasteiger partial charge in [-0.05, 0) is 87.9 Å². The minimum atomic E-state index is -5.11. The Labute approximate surface area is 451 Å². The number of alkyl halides is 8. The number of nitrogens with one attached hydrogen (secondary N) is 4. The number of alkyl carbamates (subject to hydrolysis) is 2. The first-order valence-electron chi connectivity index (χ1n) is 25.0. The summed E-state index contributed by atoms with van der Waals surface area (Å²) in [4.78, 5) is 65.5. The third-order valence-electron chi connectivity index (χ3n) is 14.4. The van der Waals surface area contributed by atoms with Gasteiger partial charge in [0.1, 0.15) is 17.9 Å². The Morgan fingerprint density at radius 3 is 1.81 bits per heavy atom. The molecule has 3 aromatic rings. The molecule has 2 aromatic carbocycles. The first-order valence-corrected chi connectivity index (χ1v) is 25.0. The van der Waals surface area contributed by atoms with Crippen molar-refractivity contribution in [2.45, 2.75) is 115 Å². The number of fused-ring (bicyclic) bond motifs is 2. The van der Waals surface area contributed by atoms with Gasteiger partial charge in [-0.2, -0.15) is 35.1 Å². The second kappa shape index (κ2) is 25.8. The Balaban J connectivity index is 1.29. The number of hydrazine groups is 1. The molecule has 3 aliphatic rings. The van der Waals surface area contributed by atoms with Gasteiger partial charge in [0.25, 0.3) is 5.91 Å². The van der Waals surface area contributed by atoms with Gasteiger partial charge < -0.3 is 45.9 Å². The zero-order valence-corrected chi connectivity index (χ0v) is 44.1. The number of benzene rings is 2. The van der Waals surface area contributed by atoms with Crippen LogP contribution in [0.3, 0.4) is 0 Å². The average Bonchev–Trinajstić information content (AvgIpc) is 3.74. The number of methoxy groups -OCH3 is 2. The number of anilines is 1. The van der Waals surface area contributed by atoms with E-state index in [1.165, 1.54) is 24.3 Å². The third-order valence-corrected chi connectivity index (χ3v) is 14.4. The van der Waals surface area contributed by atoms with Crippen LogP contribution >= 0.6 is 0 Å². The number of halogens is 8. The normalized spacial score (nSPS) is 18.9. The second-order valence-electron chi connectivity index (χ2n) is 20.5. The van der Waals surface area contributed by atoms with Crippen molar-refractivity contribution in [2.75, 3.05) is 52.0 Å². The molecule has 0 spiro atoms. The Hall–Kier alpha value is -7.08. The maximum absolute atomic E-state index is 14.6. The van der Waals surface area contributed by atoms with Gasteiger partial charge in [-0.3, -0.25) is 19.9 Å². The number of amides is 4. The predicted molar refractivity (Wildman–Crippen MR) is 274 cm³/mol. The lowest BCUT2D eigenvalue weighted by Crippen LogP contribution is -2.63. The molecule has 3 saturated heterocycles. The average molecular weight is 1120 g/mol. The number of hydrogen-bond acceptors (Lipinski definition) is 14. The molecule has 79 heavy (non-hydrogen) atoms. The van der Waals surface area contributed by atoms with Crippen molar-refractivity contribution in [3.8, 4) is 11.8 Å². The number of nitrogens with two attached hydrogens (primary N) is 1. The molecule has 430 valence electrons. The number of allylic oxidation sites excluding steroid dienone is 1. The molecule has 4 heterocycles. The number of aliphatic hydroxyl groups is 1. The number of piperazine rings is 1. The van der Waals surface area contributed by atoms with Gasteiger partial charge in [-0.15, -0.1) is 0 Å². The molecule has 6 rings (SSSR count). The lowest BCUT2D eigenvalue weighted by Gasteiger charge is -2.47. The molecule has 2 bridgehead atoms. The van der Waals surface area contributed by atoms with Crippen LogP contribution in [0, 0.1) is 22.7 Å². The van der Waals surface area contributed by atoms with E-state index in [0.29, 0.717) is 62.5 Å². The van der Waals surface area contributed by atoms with Crippen LogP contribution in [0.25, 0.3) is 5.57 Å². The van der Waals surface area contributed by atoms with Crippen LogP contribution in [0.4, 0.5) is 50.5 Å². The number of carbonyl (C=O) groups excluding carboxylic acids is 4. The monoisotopic (exact) mass is 1120 g/mol. The largest absolute Gasteiger partial charge is 0.453 e. The molecule has 0 radical (unpaired) electrons. The fraction of sp³-hybridized carbons (Fsp3) is 0.509. The fourth-order valence-corrected chi connectivity index (χ4v) is 9.36. The zero-order chi connectivity index (χ0) is 58.0. The molecule has 0 saturated carbocycles. The highest BCUT2D eigenvalue weighted by atomic mass is 19.4. The second-order valence-corrected chi connectivity index (χ2v) is 20.5. The highest BCUT2D eigenvalue weighted by Crippen LogP contribution is 2.42. The molecule has 7 N–H and O–H groups in total. The smallest absolute Gasteiger partial charge is 0.407 e. The van der Waals surface area contributed by atoms with Crippen molar-refractivity contribution < 1.29 is 73.6 Å². The molecule has 4 amide bonds. The van der Waals surface area contributed by atoms with E-state index in [9.17, 15) is 59.4 Å². The maximum Gasteiger partial charge on any atom is 0.407 e. The number of aliphatic imine (C=N–C) groups is 1. The topological polar surface area (TPSA) is 225 Å². The summed E-state index contributed by atoms with van der Waals surface area (Å²) in [5.41, 5.74) is 4.15. The van der Waals surface area contributed by atoms with Crippen LogP contribution in [-0.2, 0) is 36.8 Å². The summed E-state index contributed by atoms with van der Waals surface area (Å²) in [6.07, 6.45) is -9.52. The van der Waals surface area contributed by atoms with Crippen LogP contribution in [0.1, 0.15) is 68.4 Å². The molecular formula is C53H64F8N10O8. The standard InChI is InChI=1S/C53H64F8N10O8/c1-50(2,52(56,57)58)43(66-48(75)77-5)45(73)65-40(21-32-10-7-31(8-11-32)9-12-33-15-20-42(63-23-33)69-26-37-18-19-38(27-69)71(37)39-29-79-30-39)41(72)28-70(25-34-13-16-35(17-14-34)36(22-62)24-64-47(54)55)68-46(74)44(67-49(76)78-6)51(3,4)53(59,60)61/h7-8,10-11,13-17,20,22-24,37-41,43-44,47,72H,18-19,21,25-30,62H2,1-6H3,(H,65,73)(H,66,75)(H,67,76)(H,68,74)/t37?,38?,40-,41-,43+,44+/m0/s1. The molecule has 3 fully saturated rings. The van der Waals surface area contributed by atoms with Crippen LogP contribution in [0.2, 0.25) is 0 Å². The van der Waals surface area contributed by atoms with Crippen molar-refractivity contribution >= 4 is 41.6 Å². The van der Waals surface area contributed by atoms with Crippen molar-refractivity contribution in [3.63, 3.8) is 0 Å². The summed E-state index contributed by atoms with van der Waals surface area (Å²) in [6, 6.07) is 10.8. The summed E-state index contributed by atoms with van der Waals surface area (Å²) in [7, 11) is 1.72. The van der Waals surface area contributed by atoms with Gasteiger partial charge in [0, 0.05) is 73.6 Å². The number of aliphatic hydroxyl groups excluding tert-OH is 1. The summed E-state index contributed by atoms with van der Waals surface area (Å²) >= 11 is 0. The molecule has 0 aliphatic carbocycles. The number of pyridine rings is 1. The number of nitrogens with zero attached hydrogens (tertiary/aromatic N) is 5. The Morgan fingerprint density at radius 2 is 1.33 bits per heavy atom. The first-order chi connectivity index (χ1) is 37.1. The number of ether oxygens (including phenoxy) is 3. The number of hydrogen-bond donors (Lipinski definition) is 6. The van der Waals surface area contributed by atoms with Gasteiger partial charge in [0.15, 0.2) is 0 Å². The highest BCUT2D eigenvalue weighted by Gasteiger charge is 2.57. The van der Waals surface area contributed by atoms with E-state index in [2.05, 4.69) is 46.8 Å². The lowest BCUT2D eigenvalue weighted by molar-refractivity contribution is -0.221. The predicted octanol–water partition coefficient (Wildman–Crippen LogP) is 5.67. The van der Waals surface area contributed by atoms with Crippen LogP contribution in [-0.4, -0.2) is 159 Å². The molecule has 3 aliphatic heterocycles. The van der Waals surface area contributed by atoms with Gasteiger partial charge in [-0.1, -0.05) is 48.2 Å². The Kier molecular flexibility index (Phi) is 20.0.